The molecule has 3 nitrogen and oxygen atoms in total. The van der Waals surface area contributed by atoms with E-state index >= 15 is 0 Å². The van der Waals surface area contributed by atoms with Crippen LogP contribution in [0.15, 0.2) is 41.4 Å². The van der Waals surface area contributed by atoms with Crippen molar-refractivity contribution in [1.29, 1.82) is 0 Å². The molecule has 0 N–H and O–H groups in total. The number of benzene rings is 1. The zero-order valence-electron chi connectivity index (χ0n) is 10.8. The van der Waals surface area contributed by atoms with Gasteiger partial charge in [-0.15, -0.1) is 22.0 Å². The van der Waals surface area contributed by atoms with Crippen LogP contribution in [0.2, 0.25) is 0 Å². The van der Waals surface area contributed by atoms with Gasteiger partial charge in [0, 0.05) is 10.8 Å². The molecule has 0 saturated heterocycles. The molecule has 1 aromatic heterocycles. The molecule has 0 bridgehead atoms. The van der Waals surface area contributed by atoms with Crippen LogP contribution in [0.25, 0.3) is 11.3 Å². The average molecular weight is 260 g/mol. The predicted molar refractivity (Wildman–Crippen MR) is 75.0 cm³/mol. The van der Waals surface area contributed by atoms with Crippen molar-refractivity contribution >= 4 is 11.8 Å². The maximum atomic E-state index is 5.13. The Balaban J connectivity index is 2.17. The van der Waals surface area contributed by atoms with Gasteiger partial charge in [0.05, 0.1) is 12.8 Å². The first-order chi connectivity index (χ1) is 8.69. The van der Waals surface area contributed by atoms with Crippen molar-refractivity contribution in [3.8, 4) is 17.0 Å². The highest BCUT2D eigenvalue weighted by Crippen LogP contribution is 2.23. The van der Waals surface area contributed by atoms with Crippen molar-refractivity contribution in [1.82, 2.24) is 10.2 Å². The fraction of sp³-hybridized carbons (Fsp3) is 0.286. The number of rotatable bonds is 4. The highest BCUT2D eigenvalue weighted by atomic mass is 32.2. The molecule has 0 aliphatic carbocycles. The minimum atomic E-state index is 0.520. The van der Waals surface area contributed by atoms with Crippen LogP contribution < -0.4 is 4.74 Å². The number of methoxy groups -OCH3 is 1. The van der Waals surface area contributed by atoms with Crippen molar-refractivity contribution in [3.63, 3.8) is 0 Å². The predicted octanol–water partition coefficient (Wildman–Crippen LogP) is 3.65. The Morgan fingerprint density at radius 1 is 1.00 bits per heavy atom. The first-order valence-electron chi connectivity index (χ1n) is 5.84. The van der Waals surface area contributed by atoms with Gasteiger partial charge < -0.3 is 4.74 Å². The Hall–Kier alpha value is -1.55. The summed E-state index contributed by atoms with van der Waals surface area (Å²) in [6.45, 7) is 4.29. The van der Waals surface area contributed by atoms with Gasteiger partial charge in [-0.3, -0.25) is 0 Å². The first-order valence-corrected chi connectivity index (χ1v) is 6.72. The summed E-state index contributed by atoms with van der Waals surface area (Å²) in [5, 5.41) is 9.95. The van der Waals surface area contributed by atoms with Gasteiger partial charge in [-0.2, -0.15) is 0 Å². The molecule has 1 aromatic carbocycles. The van der Waals surface area contributed by atoms with Crippen LogP contribution in [-0.4, -0.2) is 22.6 Å². The lowest BCUT2D eigenvalue weighted by atomic mass is 10.1. The number of nitrogens with zero attached hydrogens (tertiary/aromatic N) is 2. The first kappa shape index (κ1) is 12.9. The molecule has 0 atom stereocenters. The SMILES string of the molecule is COc1ccc(-c2ccc(SC(C)C)nn2)cc1. The molecule has 18 heavy (non-hydrogen) atoms. The van der Waals surface area contributed by atoms with E-state index in [0.29, 0.717) is 5.25 Å². The molecule has 0 unspecified atom stereocenters. The summed E-state index contributed by atoms with van der Waals surface area (Å²) >= 11 is 1.71. The standard InChI is InChI=1S/C14H16N2OS/c1-10(2)18-14-9-8-13(15-16-14)11-4-6-12(17-3)7-5-11/h4-10H,1-3H3. The Bertz CT molecular complexity index is 494. The van der Waals surface area contributed by atoms with Crippen molar-refractivity contribution in [3.05, 3.63) is 36.4 Å². The van der Waals surface area contributed by atoms with E-state index in [-0.39, 0.29) is 0 Å². The maximum absolute atomic E-state index is 5.13. The van der Waals surface area contributed by atoms with Crippen LogP contribution >= 0.6 is 11.8 Å². The van der Waals surface area contributed by atoms with Gasteiger partial charge in [0.1, 0.15) is 10.8 Å². The lowest BCUT2D eigenvalue weighted by molar-refractivity contribution is 0.415. The second-order valence-corrected chi connectivity index (χ2v) is 5.75. The van der Waals surface area contributed by atoms with Gasteiger partial charge in [0.25, 0.3) is 0 Å². The van der Waals surface area contributed by atoms with Crippen LogP contribution in [0, 0.1) is 0 Å². The lowest BCUT2D eigenvalue weighted by Gasteiger charge is -2.05. The maximum Gasteiger partial charge on any atom is 0.119 e. The third-order valence-electron chi connectivity index (χ3n) is 2.38. The number of ether oxygens (including phenoxy) is 1. The van der Waals surface area contributed by atoms with E-state index in [1.807, 2.05) is 36.4 Å². The largest absolute Gasteiger partial charge is 0.497 e. The molecule has 0 aliphatic heterocycles. The molecular formula is C14H16N2OS. The van der Waals surface area contributed by atoms with Gasteiger partial charge in [0.2, 0.25) is 0 Å². The van der Waals surface area contributed by atoms with Crippen LogP contribution in [0.1, 0.15) is 13.8 Å². The van der Waals surface area contributed by atoms with Crippen molar-refractivity contribution in [2.45, 2.75) is 24.1 Å². The van der Waals surface area contributed by atoms with Crippen LogP contribution in [0.3, 0.4) is 0 Å². The zero-order chi connectivity index (χ0) is 13.0. The van der Waals surface area contributed by atoms with Crippen LogP contribution in [-0.2, 0) is 0 Å². The summed E-state index contributed by atoms with van der Waals surface area (Å²) in [6, 6.07) is 11.8. The Morgan fingerprint density at radius 2 is 1.72 bits per heavy atom. The fourth-order valence-corrected chi connectivity index (χ4v) is 2.26. The molecule has 94 valence electrons. The van der Waals surface area contributed by atoms with Gasteiger partial charge in [0.15, 0.2) is 0 Å². The number of aromatic nitrogens is 2. The quantitative estimate of drug-likeness (QED) is 0.786. The highest BCUT2D eigenvalue weighted by molar-refractivity contribution is 7.99. The van der Waals surface area contributed by atoms with E-state index in [1.165, 1.54) is 0 Å². The molecule has 0 aliphatic rings. The van der Waals surface area contributed by atoms with E-state index in [9.17, 15) is 0 Å². The van der Waals surface area contributed by atoms with Crippen LogP contribution in [0.5, 0.6) is 5.75 Å². The van der Waals surface area contributed by atoms with Crippen LogP contribution in [0.4, 0.5) is 0 Å². The molecule has 0 amide bonds. The molecule has 2 aromatic rings. The van der Waals surface area contributed by atoms with Gasteiger partial charge in [-0.1, -0.05) is 13.8 Å². The summed E-state index contributed by atoms with van der Waals surface area (Å²) in [7, 11) is 1.66. The Morgan fingerprint density at radius 3 is 2.22 bits per heavy atom. The van der Waals surface area contributed by atoms with Crippen molar-refractivity contribution < 1.29 is 4.74 Å². The number of hydrogen-bond acceptors (Lipinski definition) is 4. The summed E-state index contributed by atoms with van der Waals surface area (Å²) < 4.78 is 5.13. The topological polar surface area (TPSA) is 35.0 Å². The minimum Gasteiger partial charge on any atom is -0.497 e. The van der Waals surface area contributed by atoms with E-state index < -0.39 is 0 Å². The van der Waals surface area contributed by atoms with Crippen molar-refractivity contribution in [2.75, 3.05) is 7.11 Å². The molecular weight excluding hydrogens is 244 g/mol. The smallest absolute Gasteiger partial charge is 0.119 e. The lowest BCUT2D eigenvalue weighted by Crippen LogP contribution is -1.93. The molecule has 0 spiro atoms. The molecule has 0 fully saturated rings. The summed E-state index contributed by atoms with van der Waals surface area (Å²) in [4.78, 5) is 0. The number of hydrogen-bond donors (Lipinski definition) is 0. The minimum absolute atomic E-state index is 0.520. The second-order valence-electron chi connectivity index (χ2n) is 4.15. The van der Waals surface area contributed by atoms with E-state index in [4.69, 9.17) is 4.74 Å². The normalized spacial score (nSPS) is 10.7. The van der Waals surface area contributed by atoms with Gasteiger partial charge in [-0.05, 0) is 36.4 Å². The number of thioether (sulfide) groups is 1. The van der Waals surface area contributed by atoms with Crippen molar-refractivity contribution in [2.24, 2.45) is 0 Å². The second kappa shape index (κ2) is 5.87. The molecule has 0 radical (unpaired) electrons. The average Bonchev–Trinajstić information content (AvgIpc) is 2.39. The van der Waals surface area contributed by atoms with Gasteiger partial charge in [-0.25, -0.2) is 0 Å². The van der Waals surface area contributed by atoms with E-state index in [0.717, 1.165) is 22.0 Å². The molecule has 1 heterocycles. The molecule has 2 rings (SSSR count). The summed E-state index contributed by atoms with van der Waals surface area (Å²) in [6.07, 6.45) is 0. The molecule has 4 heteroatoms. The summed E-state index contributed by atoms with van der Waals surface area (Å²) in [5.74, 6) is 0.846. The highest BCUT2D eigenvalue weighted by Gasteiger charge is 2.03. The van der Waals surface area contributed by atoms with Gasteiger partial charge >= 0.3 is 0 Å². The monoisotopic (exact) mass is 260 g/mol. The fourth-order valence-electron chi connectivity index (χ4n) is 1.54. The summed E-state index contributed by atoms with van der Waals surface area (Å²) in [5.41, 5.74) is 1.93. The third-order valence-corrected chi connectivity index (χ3v) is 3.31. The third kappa shape index (κ3) is 3.23. The Kier molecular flexibility index (Phi) is 4.20. The molecule has 0 saturated carbocycles. The van der Waals surface area contributed by atoms with E-state index in [2.05, 4.69) is 24.0 Å². The van der Waals surface area contributed by atoms with E-state index in [1.54, 1.807) is 18.9 Å². The Labute approximate surface area is 112 Å². The zero-order valence-corrected chi connectivity index (χ0v) is 11.6.